The Morgan fingerprint density at radius 2 is 1.65 bits per heavy atom. The number of nitrogens with zero attached hydrogens (tertiary/aromatic N) is 3. The van der Waals surface area contributed by atoms with Crippen molar-refractivity contribution in [3.8, 4) is 0 Å². The van der Waals surface area contributed by atoms with Crippen LogP contribution in [0.4, 0.5) is 0 Å². The number of carbonyl (C=O) groups is 3. The highest BCUT2D eigenvalue weighted by atomic mass is 32.2. The minimum absolute atomic E-state index is 0.0532. The van der Waals surface area contributed by atoms with Gasteiger partial charge in [-0.15, -0.1) is 11.8 Å². The van der Waals surface area contributed by atoms with Gasteiger partial charge in [-0.3, -0.25) is 14.4 Å². The third kappa shape index (κ3) is 5.54. The zero-order valence-electron chi connectivity index (χ0n) is 21.5. The van der Waals surface area contributed by atoms with Crippen molar-refractivity contribution in [1.29, 1.82) is 0 Å². The van der Waals surface area contributed by atoms with Crippen molar-refractivity contribution in [2.24, 2.45) is 11.3 Å². The van der Waals surface area contributed by atoms with Gasteiger partial charge in [-0.25, -0.2) is 4.98 Å². The van der Waals surface area contributed by atoms with E-state index in [9.17, 15) is 14.4 Å². The van der Waals surface area contributed by atoms with Crippen molar-refractivity contribution < 1.29 is 14.4 Å². The molecule has 1 N–H and O–H groups in total. The summed E-state index contributed by atoms with van der Waals surface area (Å²) < 4.78 is 0. The molecule has 2 saturated heterocycles. The fourth-order valence-corrected chi connectivity index (χ4v) is 6.82. The van der Waals surface area contributed by atoms with E-state index < -0.39 is 0 Å². The maximum absolute atomic E-state index is 13.7. The predicted octanol–water partition coefficient (Wildman–Crippen LogP) is 4.25. The molecule has 5 rings (SSSR count). The number of pyridine rings is 1. The molecule has 3 aliphatic rings. The lowest BCUT2D eigenvalue weighted by molar-refractivity contribution is -0.136. The van der Waals surface area contributed by atoms with E-state index in [0.29, 0.717) is 24.2 Å². The van der Waals surface area contributed by atoms with Crippen LogP contribution in [-0.4, -0.2) is 71.0 Å². The Morgan fingerprint density at radius 1 is 0.946 bits per heavy atom. The number of piperidine rings is 1. The summed E-state index contributed by atoms with van der Waals surface area (Å²) in [5.41, 5.74) is 1.40. The maximum atomic E-state index is 13.7. The van der Waals surface area contributed by atoms with Crippen molar-refractivity contribution >= 4 is 29.5 Å². The lowest BCUT2D eigenvalue weighted by atomic mass is 9.77. The molecular weight excluding hydrogens is 484 g/mol. The van der Waals surface area contributed by atoms with Gasteiger partial charge < -0.3 is 15.1 Å². The molecule has 1 saturated carbocycles. The van der Waals surface area contributed by atoms with E-state index in [-0.39, 0.29) is 35.1 Å². The SMILES string of the molecule is CSc1ncccc1C(=O)N1CCC2(CC1)CCN(C(=O)[C@H]1CCCC[C@H]1NC(=O)c1ccccc1)C2. The number of nitrogens with one attached hydrogen (secondary N) is 1. The second-order valence-corrected chi connectivity index (χ2v) is 11.5. The van der Waals surface area contributed by atoms with Gasteiger partial charge in [0.05, 0.1) is 11.5 Å². The second kappa shape index (κ2) is 11.3. The van der Waals surface area contributed by atoms with Crippen LogP contribution in [0.25, 0.3) is 0 Å². The molecule has 1 spiro atoms. The Bertz CT molecular complexity index is 1130. The first kappa shape index (κ1) is 25.8. The Labute approximate surface area is 223 Å². The first-order valence-corrected chi connectivity index (χ1v) is 14.7. The molecule has 2 atom stereocenters. The number of amides is 3. The molecule has 7 nitrogen and oxygen atoms in total. The highest BCUT2D eigenvalue weighted by Gasteiger charge is 2.45. The zero-order chi connectivity index (χ0) is 25.8. The van der Waals surface area contributed by atoms with Crippen LogP contribution in [0.3, 0.4) is 0 Å². The van der Waals surface area contributed by atoms with Crippen molar-refractivity contribution in [2.75, 3.05) is 32.4 Å². The summed E-state index contributed by atoms with van der Waals surface area (Å²) in [6, 6.07) is 12.8. The first-order valence-electron chi connectivity index (χ1n) is 13.4. The van der Waals surface area contributed by atoms with Gasteiger partial charge in [0.2, 0.25) is 5.91 Å². The van der Waals surface area contributed by atoms with Crippen LogP contribution in [-0.2, 0) is 4.79 Å². The second-order valence-electron chi connectivity index (χ2n) is 10.7. The van der Waals surface area contributed by atoms with Crippen molar-refractivity contribution in [3.63, 3.8) is 0 Å². The molecule has 2 aliphatic heterocycles. The predicted molar refractivity (Wildman–Crippen MR) is 144 cm³/mol. The highest BCUT2D eigenvalue weighted by Crippen LogP contribution is 2.42. The number of rotatable bonds is 5. The smallest absolute Gasteiger partial charge is 0.256 e. The largest absolute Gasteiger partial charge is 0.349 e. The highest BCUT2D eigenvalue weighted by molar-refractivity contribution is 7.98. The molecule has 196 valence electrons. The van der Waals surface area contributed by atoms with Gasteiger partial charge in [-0.1, -0.05) is 31.0 Å². The maximum Gasteiger partial charge on any atom is 0.256 e. The van der Waals surface area contributed by atoms with Crippen LogP contribution in [0.2, 0.25) is 0 Å². The lowest BCUT2D eigenvalue weighted by Crippen LogP contribution is -2.50. The van der Waals surface area contributed by atoms with Crippen LogP contribution in [0.15, 0.2) is 53.7 Å². The number of benzene rings is 1. The Balaban J connectivity index is 1.19. The molecular formula is C29H36N4O3S. The van der Waals surface area contributed by atoms with Crippen molar-refractivity contribution in [2.45, 2.75) is 56.0 Å². The third-order valence-electron chi connectivity index (χ3n) is 8.49. The average molecular weight is 521 g/mol. The minimum Gasteiger partial charge on any atom is -0.349 e. The quantitative estimate of drug-likeness (QED) is 0.596. The molecule has 1 aliphatic carbocycles. The molecule has 8 heteroatoms. The lowest BCUT2D eigenvalue weighted by Gasteiger charge is -2.40. The topological polar surface area (TPSA) is 82.6 Å². The Morgan fingerprint density at radius 3 is 2.38 bits per heavy atom. The third-order valence-corrected chi connectivity index (χ3v) is 9.20. The molecule has 3 amide bonds. The van der Waals surface area contributed by atoms with Gasteiger partial charge in [0, 0.05) is 44.0 Å². The normalized spacial score (nSPS) is 23.2. The molecule has 2 aromatic rings. The van der Waals surface area contributed by atoms with Crippen LogP contribution >= 0.6 is 11.8 Å². The molecule has 37 heavy (non-hydrogen) atoms. The molecule has 0 radical (unpaired) electrons. The summed E-state index contributed by atoms with van der Waals surface area (Å²) in [6.45, 7) is 2.94. The number of carbonyl (C=O) groups excluding carboxylic acids is 3. The summed E-state index contributed by atoms with van der Waals surface area (Å²) >= 11 is 1.50. The van der Waals surface area contributed by atoms with Gasteiger partial charge in [0.25, 0.3) is 11.8 Å². The average Bonchev–Trinajstić information content (AvgIpc) is 3.36. The van der Waals surface area contributed by atoms with E-state index in [1.54, 1.807) is 6.20 Å². The summed E-state index contributed by atoms with van der Waals surface area (Å²) in [6.07, 6.45) is 10.2. The number of hydrogen-bond acceptors (Lipinski definition) is 5. The number of thioether (sulfide) groups is 1. The molecule has 1 aromatic carbocycles. The Kier molecular flexibility index (Phi) is 7.84. The van der Waals surface area contributed by atoms with Gasteiger partial charge in [-0.05, 0) is 68.0 Å². The van der Waals surface area contributed by atoms with Gasteiger partial charge in [0.1, 0.15) is 5.03 Å². The van der Waals surface area contributed by atoms with Crippen LogP contribution in [0.1, 0.15) is 65.7 Å². The van der Waals surface area contributed by atoms with Gasteiger partial charge >= 0.3 is 0 Å². The van der Waals surface area contributed by atoms with E-state index in [0.717, 1.165) is 63.1 Å². The minimum atomic E-state index is -0.159. The van der Waals surface area contributed by atoms with E-state index in [2.05, 4.69) is 10.3 Å². The molecule has 3 heterocycles. The first-order chi connectivity index (χ1) is 18.0. The zero-order valence-corrected chi connectivity index (χ0v) is 22.3. The van der Waals surface area contributed by atoms with E-state index in [4.69, 9.17) is 0 Å². The van der Waals surface area contributed by atoms with Crippen molar-refractivity contribution in [3.05, 3.63) is 59.8 Å². The summed E-state index contributed by atoms with van der Waals surface area (Å²) in [5, 5.41) is 3.94. The summed E-state index contributed by atoms with van der Waals surface area (Å²) in [5.74, 6) is -0.0156. The van der Waals surface area contributed by atoms with Crippen LogP contribution in [0, 0.1) is 11.3 Å². The fourth-order valence-electron chi connectivity index (χ4n) is 6.28. The molecule has 3 fully saturated rings. The standard InChI is InChI=1S/C29H36N4O3S/c1-37-26-23(11-7-16-30-26)28(36)32-17-13-29(14-18-32)15-19-33(20-29)27(35)22-10-5-6-12-24(22)31-25(34)21-8-3-2-4-9-21/h2-4,7-9,11,16,22,24H,5-6,10,12-15,17-20H2,1H3,(H,31,34)/t22-,24+/m0/s1. The van der Waals surface area contributed by atoms with Gasteiger partial charge in [-0.2, -0.15) is 0 Å². The van der Waals surface area contributed by atoms with E-state index in [1.807, 2.05) is 58.5 Å². The van der Waals surface area contributed by atoms with Crippen molar-refractivity contribution in [1.82, 2.24) is 20.1 Å². The summed E-state index contributed by atoms with van der Waals surface area (Å²) in [7, 11) is 0. The molecule has 1 aromatic heterocycles. The van der Waals surface area contributed by atoms with E-state index in [1.165, 1.54) is 11.8 Å². The fraction of sp³-hybridized carbons (Fsp3) is 0.517. The molecule has 0 unspecified atom stereocenters. The van der Waals surface area contributed by atoms with Crippen LogP contribution in [0.5, 0.6) is 0 Å². The number of aromatic nitrogens is 1. The number of hydrogen-bond donors (Lipinski definition) is 1. The van der Waals surface area contributed by atoms with Crippen LogP contribution < -0.4 is 5.32 Å². The van der Waals surface area contributed by atoms with E-state index >= 15 is 0 Å². The Hall–Kier alpha value is -2.87. The number of likely N-dealkylation sites (tertiary alicyclic amines) is 2. The van der Waals surface area contributed by atoms with Gasteiger partial charge in [0.15, 0.2) is 0 Å². The monoisotopic (exact) mass is 520 g/mol. The molecule has 0 bridgehead atoms. The summed E-state index contributed by atoms with van der Waals surface area (Å²) in [4.78, 5) is 48.0.